The van der Waals surface area contributed by atoms with Crippen LogP contribution in [-0.2, 0) is 11.3 Å². The Labute approximate surface area is 197 Å². The maximum atomic E-state index is 6.28. The number of ether oxygens (including phenoxy) is 2. The molecule has 1 aliphatic rings. The maximum absolute atomic E-state index is 6.28. The Morgan fingerprint density at radius 1 is 1.16 bits per heavy atom. The molecule has 0 atom stereocenters. The van der Waals surface area contributed by atoms with Crippen molar-refractivity contribution in [1.29, 1.82) is 0 Å². The van der Waals surface area contributed by atoms with E-state index in [1.807, 2.05) is 4.52 Å². The number of nitrogens with zero attached hydrogens (tertiary/aromatic N) is 4. The molecule has 1 saturated heterocycles. The molecule has 4 heterocycles. The molecule has 0 unspecified atom stereocenters. The summed E-state index contributed by atoms with van der Waals surface area (Å²) in [5.74, 6) is 1.36. The van der Waals surface area contributed by atoms with Crippen molar-refractivity contribution in [3.8, 4) is 16.2 Å². The monoisotopic (exact) mass is 473 g/mol. The third-order valence-corrected chi connectivity index (χ3v) is 7.07. The molecule has 0 radical (unpaired) electrons. The van der Waals surface area contributed by atoms with Crippen LogP contribution in [0.4, 0.5) is 5.82 Å². The van der Waals surface area contributed by atoms with Gasteiger partial charge in [0.25, 0.3) is 0 Å². The lowest BCUT2D eigenvalue weighted by Gasteiger charge is -2.14. The summed E-state index contributed by atoms with van der Waals surface area (Å²) in [6.07, 6.45) is 4.09. The van der Waals surface area contributed by atoms with Crippen molar-refractivity contribution in [3.63, 3.8) is 0 Å². The zero-order chi connectivity index (χ0) is 21.4. The van der Waals surface area contributed by atoms with Gasteiger partial charge in [0.15, 0.2) is 5.82 Å². The Morgan fingerprint density at radius 2 is 1.97 bits per heavy atom. The van der Waals surface area contributed by atoms with Gasteiger partial charge in [-0.25, -0.2) is 9.50 Å². The molecule has 32 heavy (non-hydrogen) atoms. The average molecular weight is 474 g/mol. The van der Waals surface area contributed by atoms with Gasteiger partial charge in [-0.3, -0.25) is 0 Å². The molecule has 0 aliphatic carbocycles. The number of hydrogen-bond acceptors (Lipinski definition) is 7. The van der Waals surface area contributed by atoms with Gasteiger partial charge in [-0.1, -0.05) is 6.07 Å². The van der Waals surface area contributed by atoms with E-state index in [0.717, 1.165) is 44.0 Å². The molecule has 0 saturated carbocycles. The number of thiophene rings is 1. The maximum Gasteiger partial charge on any atom is 0.152 e. The summed E-state index contributed by atoms with van der Waals surface area (Å²) in [6.45, 7) is 6.61. The summed E-state index contributed by atoms with van der Waals surface area (Å²) < 4.78 is 14.6. The topological polar surface area (TPSA) is 77.9 Å². The van der Waals surface area contributed by atoms with Crippen molar-refractivity contribution in [3.05, 3.63) is 41.9 Å². The average Bonchev–Trinajstić information content (AvgIpc) is 3.49. The number of hydrogen-bond donors (Lipinski definition) is 1. The van der Waals surface area contributed by atoms with E-state index in [2.05, 4.69) is 46.2 Å². The fraction of sp³-hybridized carbons (Fsp3) is 0.391. The molecule has 0 bridgehead atoms. The lowest BCUT2D eigenvalue weighted by molar-refractivity contribution is 0.0962. The minimum Gasteiger partial charge on any atom is -0.495 e. The van der Waals surface area contributed by atoms with E-state index in [1.165, 1.54) is 37.8 Å². The summed E-state index contributed by atoms with van der Waals surface area (Å²) in [5.41, 5.74) is 10.3. The van der Waals surface area contributed by atoms with Crippen molar-refractivity contribution < 1.29 is 9.47 Å². The molecule has 5 rings (SSSR count). The van der Waals surface area contributed by atoms with Gasteiger partial charge >= 0.3 is 0 Å². The van der Waals surface area contributed by atoms with Crippen molar-refractivity contribution >= 4 is 45.2 Å². The molecule has 1 fully saturated rings. The van der Waals surface area contributed by atoms with E-state index in [1.54, 1.807) is 18.4 Å². The number of benzene rings is 1. The van der Waals surface area contributed by atoms with Crippen LogP contribution in [-0.4, -0.2) is 52.8 Å². The van der Waals surface area contributed by atoms with Gasteiger partial charge < -0.3 is 20.1 Å². The minimum absolute atomic E-state index is 0. The van der Waals surface area contributed by atoms with Gasteiger partial charge in [-0.05, 0) is 62.0 Å². The van der Waals surface area contributed by atoms with Gasteiger partial charge in [0, 0.05) is 17.0 Å². The van der Waals surface area contributed by atoms with E-state index in [0.29, 0.717) is 19.0 Å². The van der Waals surface area contributed by atoms with E-state index in [9.17, 15) is 0 Å². The smallest absolute Gasteiger partial charge is 0.152 e. The Bertz CT molecular complexity index is 1230. The fourth-order valence-electron chi connectivity index (χ4n) is 4.35. The van der Waals surface area contributed by atoms with E-state index in [-0.39, 0.29) is 12.4 Å². The lowest BCUT2D eigenvalue weighted by Crippen LogP contribution is -2.24. The third kappa shape index (κ3) is 4.28. The van der Waals surface area contributed by atoms with Crippen LogP contribution in [0.5, 0.6) is 5.75 Å². The molecule has 0 spiro atoms. The highest BCUT2D eigenvalue weighted by Crippen LogP contribution is 2.42. The Morgan fingerprint density at radius 3 is 2.75 bits per heavy atom. The number of methoxy groups -OCH3 is 1. The number of rotatable bonds is 7. The van der Waals surface area contributed by atoms with Gasteiger partial charge in [-0.15, -0.1) is 23.7 Å². The van der Waals surface area contributed by atoms with Crippen molar-refractivity contribution in [2.45, 2.75) is 26.4 Å². The van der Waals surface area contributed by atoms with Crippen LogP contribution in [0.1, 0.15) is 24.1 Å². The number of fused-ring (bicyclic) bond motifs is 2. The number of anilines is 1. The molecular formula is C23H28ClN5O2S. The largest absolute Gasteiger partial charge is 0.495 e. The third-order valence-electron chi connectivity index (χ3n) is 5.87. The van der Waals surface area contributed by atoms with Gasteiger partial charge in [0.2, 0.25) is 0 Å². The van der Waals surface area contributed by atoms with Crippen LogP contribution in [0.15, 0.2) is 30.6 Å². The predicted molar refractivity (Wildman–Crippen MR) is 132 cm³/mol. The number of halogens is 1. The summed E-state index contributed by atoms with van der Waals surface area (Å²) in [5, 5.41) is 5.62. The first-order chi connectivity index (χ1) is 15.1. The lowest BCUT2D eigenvalue weighted by atomic mass is 10.1. The van der Waals surface area contributed by atoms with Crippen LogP contribution >= 0.6 is 23.7 Å². The van der Waals surface area contributed by atoms with E-state index >= 15 is 0 Å². The van der Waals surface area contributed by atoms with E-state index < -0.39 is 0 Å². The first-order valence-corrected chi connectivity index (χ1v) is 11.5. The highest BCUT2D eigenvalue weighted by Gasteiger charge is 2.19. The second-order valence-electron chi connectivity index (χ2n) is 8.05. The van der Waals surface area contributed by atoms with E-state index in [4.69, 9.17) is 15.2 Å². The highest BCUT2D eigenvalue weighted by molar-refractivity contribution is 7.22. The summed E-state index contributed by atoms with van der Waals surface area (Å²) in [4.78, 5) is 7.80. The van der Waals surface area contributed by atoms with Crippen LogP contribution in [0, 0.1) is 6.92 Å². The normalized spacial score (nSPS) is 14.3. The summed E-state index contributed by atoms with van der Waals surface area (Å²) in [7, 11) is 1.71. The zero-order valence-electron chi connectivity index (χ0n) is 18.3. The van der Waals surface area contributed by atoms with Crippen LogP contribution < -0.4 is 10.5 Å². The number of nitrogen functional groups attached to an aromatic ring is 1. The predicted octanol–water partition coefficient (Wildman–Crippen LogP) is 4.54. The van der Waals surface area contributed by atoms with Crippen LogP contribution in [0.2, 0.25) is 0 Å². The first-order valence-electron chi connectivity index (χ1n) is 10.6. The molecule has 4 aromatic rings. The zero-order valence-corrected chi connectivity index (χ0v) is 20.0. The minimum atomic E-state index is 0. The molecule has 2 N–H and O–H groups in total. The Kier molecular flexibility index (Phi) is 6.85. The summed E-state index contributed by atoms with van der Waals surface area (Å²) in [6, 6.07) is 8.56. The Balaban J connectivity index is 0.00000245. The molecule has 1 aromatic carbocycles. The number of nitrogens with two attached hydrogens (primary N) is 1. The van der Waals surface area contributed by atoms with Gasteiger partial charge in [0.1, 0.15) is 17.6 Å². The molecule has 1 aliphatic heterocycles. The van der Waals surface area contributed by atoms with Gasteiger partial charge in [-0.2, -0.15) is 5.10 Å². The number of aromatic nitrogens is 3. The highest BCUT2D eigenvalue weighted by atomic mass is 35.5. The van der Waals surface area contributed by atoms with Crippen molar-refractivity contribution in [2.75, 3.05) is 39.1 Å². The molecule has 170 valence electrons. The molecule has 9 heteroatoms. The molecular weight excluding hydrogens is 446 g/mol. The second-order valence-corrected chi connectivity index (χ2v) is 9.10. The van der Waals surface area contributed by atoms with Crippen LogP contribution in [0.25, 0.3) is 26.0 Å². The van der Waals surface area contributed by atoms with Gasteiger partial charge in [0.05, 0.1) is 30.7 Å². The molecule has 3 aromatic heterocycles. The standard InChI is InChI=1S/C23H27N5O2S.ClH/c1-15-9-16-11-20(31-22(16)19(10-15)29-2)18-12-17(28-21(18)23(24)25-14-26-28)13-30-8-7-27-5-3-4-6-27;/h9-12,14H,3-8,13H2,1-2H3,(H2,24,25,26);1H. The van der Waals surface area contributed by atoms with Crippen LogP contribution in [0.3, 0.4) is 0 Å². The number of aryl methyl sites for hydroxylation is 1. The Hall–Kier alpha value is -2.39. The molecule has 7 nitrogen and oxygen atoms in total. The quantitative estimate of drug-likeness (QED) is 0.397. The summed E-state index contributed by atoms with van der Waals surface area (Å²) >= 11 is 1.70. The first kappa shape index (κ1) is 22.8. The molecule has 0 amide bonds. The number of likely N-dealkylation sites (tertiary alicyclic amines) is 1. The fourth-order valence-corrected chi connectivity index (χ4v) is 5.50. The van der Waals surface area contributed by atoms with Crippen molar-refractivity contribution in [1.82, 2.24) is 19.5 Å². The van der Waals surface area contributed by atoms with Crippen molar-refractivity contribution in [2.24, 2.45) is 0 Å². The second kappa shape index (κ2) is 9.62. The SMILES string of the molecule is COc1cc(C)cc2cc(-c3cc(COCCN4CCCC4)n4ncnc(N)c34)sc12.Cl.